The van der Waals surface area contributed by atoms with Crippen molar-refractivity contribution in [3.05, 3.63) is 24.3 Å². The number of fused-ring (bicyclic) bond motifs is 1. The summed E-state index contributed by atoms with van der Waals surface area (Å²) in [5.41, 5.74) is 0.890. The van der Waals surface area contributed by atoms with Gasteiger partial charge in [0, 0.05) is 13.2 Å². The lowest BCUT2D eigenvalue weighted by molar-refractivity contribution is 0.000698. The fraction of sp³-hybridized carbons (Fsp3) is 0.462. The maximum atomic E-state index is 5.64. The van der Waals surface area contributed by atoms with E-state index in [0.29, 0.717) is 0 Å². The number of nitrogens with zero attached hydrogens (tertiary/aromatic N) is 1. The number of anilines is 1. The average molecular weight is 250 g/mol. The molecular weight excluding hydrogens is 232 g/mol. The number of hydrogen-bond donors (Lipinski definition) is 1. The highest BCUT2D eigenvalue weighted by atomic mass is 32.1. The molecule has 2 aromatic rings. The van der Waals surface area contributed by atoms with Gasteiger partial charge in [-0.05, 0) is 32.9 Å². The zero-order valence-corrected chi connectivity index (χ0v) is 11.3. The van der Waals surface area contributed by atoms with Gasteiger partial charge < -0.3 is 10.1 Å². The van der Waals surface area contributed by atoms with E-state index in [4.69, 9.17) is 4.74 Å². The molecule has 1 N–H and O–H groups in total. The van der Waals surface area contributed by atoms with Gasteiger partial charge in [0.25, 0.3) is 0 Å². The van der Waals surface area contributed by atoms with Crippen LogP contribution in [0.2, 0.25) is 0 Å². The first kappa shape index (κ1) is 12.3. The molecule has 1 heterocycles. The summed E-state index contributed by atoms with van der Waals surface area (Å²) in [6.45, 7) is 7.67. The molecule has 0 unspecified atom stereocenters. The van der Waals surface area contributed by atoms with Crippen LogP contribution in [0.15, 0.2) is 24.3 Å². The van der Waals surface area contributed by atoms with Crippen LogP contribution in [0.4, 0.5) is 5.13 Å². The van der Waals surface area contributed by atoms with Crippen molar-refractivity contribution < 1.29 is 4.74 Å². The van der Waals surface area contributed by atoms with Crippen LogP contribution in [-0.2, 0) is 4.74 Å². The van der Waals surface area contributed by atoms with Crippen LogP contribution in [0.3, 0.4) is 0 Å². The van der Waals surface area contributed by atoms with Crippen molar-refractivity contribution in [1.29, 1.82) is 0 Å². The Morgan fingerprint density at radius 1 is 1.35 bits per heavy atom. The molecule has 3 nitrogen and oxygen atoms in total. The number of ether oxygens (including phenoxy) is 1. The van der Waals surface area contributed by atoms with Crippen LogP contribution in [-0.4, -0.2) is 23.7 Å². The number of hydrogen-bond acceptors (Lipinski definition) is 4. The summed E-state index contributed by atoms with van der Waals surface area (Å²) in [6, 6.07) is 8.17. The third kappa shape index (κ3) is 3.17. The number of aromatic nitrogens is 1. The molecule has 0 bridgehead atoms. The van der Waals surface area contributed by atoms with E-state index in [-0.39, 0.29) is 5.60 Å². The Morgan fingerprint density at radius 2 is 2.12 bits per heavy atom. The second kappa shape index (κ2) is 5.02. The number of para-hydroxylation sites is 1. The van der Waals surface area contributed by atoms with Crippen molar-refractivity contribution in [3.8, 4) is 0 Å². The van der Waals surface area contributed by atoms with Gasteiger partial charge in [0.15, 0.2) is 5.13 Å². The molecule has 4 heteroatoms. The fourth-order valence-electron chi connectivity index (χ4n) is 1.68. The Balaban J connectivity index is 2.04. The van der Waals surface area contributed by atoms with Gasteiger partial charge in [-0.25, -0.2) is 4.98 Å². The predicted molar refractivity (Wildman–Crippen MR) is 73.8 cm³/mol. The highest BCUT2D eigenvalue weighted by Crippen LogP contribution is 2.25. The first-order valence-electron chi connectivity index (χ1n) is 5.84. The van der Waals surface area contributed by atoms with E-state index in [1.807, 2.05) is 25.1 Å². The molecule has 0 aliphatic rings. The normalized spacial score (nSPS) is 11.9. The summed E-state index contributed by atoms with van der Waals surface area (Å²) < 4.78 is 6.85. The summed E-state index contributed by atoms with van der Waals surface area (Å²) in [4.78, 5) is 4.53. The Kier molecular flexibility index (Phi) is 3.64. The first-order chi connectivity index (χ1) is 8.11. The third-order valence-electron chi connectivity index (χ3n) is 2.49. The maximum Gasteiger partial charge on any atom is 0.183 e. The molecule has 2 rings (SSSR count). The number of rotatable bonds is 5. The summed E-state index contributed by atoms with van der Waals surface area (Å²) >= 11 is 1.68. The number of thiazole rings is 1. The molecule has 0 radical (unpaired) electrons. The molecule has 1 aromatic heterocycles. The van der Waals surface area contributed by atoms with Crippen molar-refractivity contribution in [1.82, 2.24) is 4.98 Å². The number of nitrogens with one attached hydrogen (secondary N) is 1. The molecule has 92 valence electrons. The van der Waals surface area contributed by atoms with Crippen LogP contribution in [0.25, 0.3) is 10.2 Å². The highest BCUT2D eigenvalue weighted by molar-refractivity contribution is 7.22. The van der Waals surface area contributed by atoms with E-state index in [1.54, 1.807) is 11.3 Å². The van der Waals surface area contributed by atoms with Crippen LogP contribution < -0.4 is 5.32 Å². The van der Waals surface area contributed by atoms with E-state index < -0.39 is 0 Å². The predicted octanol–water partition coefficient (Wildman–Crippen LogP) is 3.52. The molecule has 17 heavy (non-hydrogen) atoms. The molecule has 0 spiro atoms. The van der Waals surface area contributed by atoms with Gasteiger partial charge in [-0.2, -0.15) is 0 Å². The van der Waals surface area contributed by atoms with E-state index in [9.17, 15) is 0 Å². The van der Waals surface area contributed by atoms with Gasteiger partial charge in [0.1, 0.15) is 0 Å². The monoisotopic (exact) mass is 250 g/mol. The molecule has 0 atom stereocenters. The molecule has 0 saturated carbocycles. The van der Waals surface area contributed by atoms with Gasteiger partial charge in [0.05, 0.1) is 15.8 Å². The zero-order chi connectivity index (χ0) is 12.3. The molecule has 0 aliphatic heterocycles. The standard InChI is InChI=1S/C13H18N2OS/c1-4-16-13(2,3)9-14-12-15-10-7-5-6-8-11(10)17-12/h5-8H,4,9H2,1-3H3,(H,14,15). The minimum Gasteiger partial charge on any atom is -0.374 e. The van der Waals surface area contributed by atoms with Gasteiger partial charge in [-0.15, -0.1) is 0 Å². The van der Waals surface area contributed by atoms with Crippen molar-refractivity contribution >= 4 is 26.7 Å². The lowest BCUT2D eigenvalue weighted by Gasteiger charge is -2.24. The quantitative estimate of drug-likeness (QED) is 0.881. The van der Waals surface area contributed by atoms with E-state index in [1.165, 1.54) is 4.70 Å². The van der Waals surface area contributed by atoms with Crippen LogP contribution in [0, 0.1) is 0 Å². The number of benzene rings is 1. The molecular formula is C13H18N2OS. The topological polar surface area (TPSA) is 34.1 Å². The second-order valence-electron chi connectivity index (χ2n) is 4.53. The second-order valence-corrected chi connectivity index (χ2v) is 5.56. The summed E-state index contributed by atoms with van der Waals surface area (Å²) in [7, 11) is 0. The van der Waals surface area contributed by atoms with Crippen molar-refractivity contribution in [2.24, 2.45) is 0 Å². The van der Waals surface area contributed by atoms with Gasteiger partial charge >= 0.3 is 0 Å². The highest BCUT2D eigenvalue weighted by Gasteiger charge is 2.17. The minimum atomic E-state index is -0.160. The van der Waals surface area contributed by atoms with Crippen LogP contribution in [0.5, 0.6) is 0 Å². The minimum absolute atomic E-state index is 0.160. The summed E-state index contributed by atoms with van der Waals surface area (Å²) in [5, 5.41) is 4.30. The van der Waals surface area contributed by atoms with Crippen molar-refractivity contribution in [3.63, 3.8) is 0 Å². The molecule has 0 aliphatic carbocycles. The maximum absolute atomic E-state index is 5.64. The van der Waals surface area contributed by atoms with Gasteiger partial charge in [-0.1, -0.05) is 23.5 Å². The summed E-state index contributed by atoms with van der Waals surface area (Å²) in [6.07, 6.45) is 0. The SMILES string of the molecule is CCOC(C)(C)CNc1nc2ccccc2s1. The van der Waals surface area contributed by atoms with E-state index in [0.717, 1.165) is 23.8 Å². The summed E-state index contributed by atoms with van der Waals surface area (Å²) in [5.74, 6) is 0. The van der Waals surface area contributed by atoms with Crippen molar-refractivity contribution in [2.75, 3.05) is 18.5 Å². The lowest BCUT2D eigenvalue weighted by Crippen LogP contribution is -2.33. The molecule has 1 aromatic carbocycles. The van der Waals surface area contributed by atoms with Gasteiger partial charge in [0.2, 0.25) is 0 Å². The van der Waals surface area contributed by atoms with E-state index >= 15 is 0 Å². The zero-order valence-electron chi connectivity index (χ0n) is 10.5. The average Bonchev–Trinajstić information content (AvgIpc) is 2.69. The van der Waals surface area contributed by atoms with E-state index in [2.05, 4.69) is 30.2 Å². The van der Waals surface area contributed by atoms with Gasteiger partial charge in [-0.3, -0.25) is 0 Å². The largest absolute Gasteiger partial charge is 0.374 e. The fourth-order valence-corrected chi connectivity index (χ4v) is 2.54. The van der Waals surface area contributed by atoms with Crippen LogP contribution in [0.1, 0.15) is 20.8 Å². The molecule has 0 saturated heterocycles. The lowest BCUT2D eigenvalue weighted by atomic mass is 10.1. The van der Waals surface area contributed by atoms with Crippen molar-refractivity contribution in [2.45, 2.75) is 26.4 Å². The molecule has 0 fully saturated rings. The Labute approximate surface area is 106 Å². The van der Waals surface area contributed by atoms with Crippen LogP contribution >= 0.6 is 11.3 Å². The first-order valence-corrected chi connectivity index (χ1v) is 6.66. The Hall–Kier alpha value is -1.13. The Bertz CT molecular complexity index is 460. The third-order valence-corrected chi connectivity index (χ3v) is 3.49. The molecule has 0 amide bonds. The smallest absolute Gasteiger partial charge is 0.183 e. The Morgan fingerprint density at radius 3 is 2.82 bits per heavy atom.